The molecule has 5 N–H and O–H groups in total. The first-order valence-electron chi connectivity index (χ1n) is 4.05. The lowest BCUT2D eigenvalue weighted by molar-refractivity contribution is -0.127. The van der Waals surface area contributed by atoms with Crippen LogP contribution in [0.5, 0.6) is 0 Å². The molecule has 0 unspecified atom stereocenters. The van der Waals surface area contributed by atoms with Gasteiger partial charge in [-0.3, -0.25) is 14.9 Å². The molecule has 0 radical (unpaired) electrons. The van der Waals surface area contributed by atoms with Crippen LogP contribution in [0.25, 0.3) is 0 Å². The number of carbonyl (C=O) groups is 2. The summed E-state index contributed by atoms with van der Waals surface area (Å²) in [6.45, 7) is 2.71. The monoisotopic (exact) mass is 214 g/mol. The second-order valence-electron chi connectivity index (χ2n) is 2.65. The molecule has 7 heteroatoms. The van der Waals surface area contributed by atoms with Gasteiger partial charge in [-0.05, 0) is 0 Å². The van der Waals surface area contributed by atoms with Crippen molar-refractivity contribution in [2.45, 2.75) is 13.8 Å². The van der Waals surface area contributed by atoms with Crippen LogP contribution < -0.4 is 16.8 Å². The molecule has 0 heterocycles. The van der Waals surface area contributed by atoms with Gasteiger partial charge in [-0.25, -0.2) is 4.99 Å². The van der Waals surface area contributed by atoms with Gasteiger partial charge in [0.05, 0.1) is 7.11 Å². The Balaban J connectivity index is 4.95. The van der Waals surface area contributed by atoms with Crippen LogP contribution in [0, 0.1) is 0 Å². The highest BCUT2D eigenvalue weighted by Gasteiger charge is 2.13. The number of hydrogen-bond donors (Lipinski definition) is 3. The van der Waals surface area contributed by atoms with Gasteiger partial charge in [0.2, 0.25) is 5.91 Å². The summed E-state index contributed by atoms with van der Waals surface area (Å²) in [6, 6.07) is 0. The zero-order valence-electron chi connectivity index (χ0n) is 8.83. The van der Waals surface area contributed by atoms with Crippen LogP contribution in [0.4, 0.5) is 0 Å². The van der Waals surface area contributed by atoms with Crippen molar-refractivity contribution in [3.8, 4) is 0 Å². The normalized spacial score (nSPS) is 10.5. The van der Waals surface area contributed by atoms with Gasteiger partial charge in [0.1, 0.15) is 5.82 Å². The first kappa shape index (κ1) is 12.9. The number of nitrogens with zero attached hydrogens (tertiary/aromatic N) is 1. The van der Waals surface area contributed by atoms with Crippen molar-refractivity contribution < 1.29 is 14.3 Å². The van der Waals surface area contributed by atoms with Crippen molar-refractivity contribution in [2.75, 3.05) is 7.11 Å². The Hall–Kier alpha value is -2.05. The first-order chi connectivity index (χ1) is 6.88. The van der Waals surface area contributed by atoms with Gasteiger partial charge in [0.15, 0.2) is 11.6 Å². The topological polar surface area (TPSA) is 120 Å². The summed E-state index contributed by atoms with van der Waals surface area (Å²) in [6.07, 6.45) is 0. The van der Waals surface area contributed by atoms with E-state index in [1.54, 1.807) is 0 Å². The molecule has 0 spiro atoms. The minimum absolute atomic E-state index is 0.206. The van der Waals surface area contributed by atoms with E-state index < -0.39 is 11.8 Å². The Morgan fingerprint density at radius 3 is 2.13 bits per heavy atom. The van der Waals surface area contributed by atoms with Crippen LogP contribution in [0.3, 0.4) is 0 Å². The van der Waals surface area contributed by atoms with Gasteiger partial charge in [0, 0.05) is 13.8 Å². The average Bonchev–Trinajstić information content (AvgIpc) is 2.11. The Kier molecular flexibility index (Phi) is 4.86. The summed E-state index contributed by atoms with van der Waals surface area (Å²) < 4.78 is 4.73. The molecule has 0 aromatic carbocycles. The van der Waals surface area contributed by atoms with Gasteiger partial charge in [-0.1, -0.05) is 0 Å². The third-order valence-electron chi connectivity index (χ3n) is 1.34. The Morgan fingerprint density at radius 2 is 1.80 bits per heavy atom. The van der Waals surface area contributed by atoms with E-state index in [9.17, 15) is 9.59 Å². The minimum atomic E-state index is -0.765. The fourth-order valence-electron chi connectivity index (χ4n) is 0.669. The highest BCUT2D eigenvalue weighted by molar-refractivity contribution is 6.04. The van der Waals surface area contributed by atoms with Gasteiger partial charge >= 0.3 is 0 Å². The predicted molar refractivity (Wildman–Crippen MR) is 54.3 cm³/mol. The molecular weight excluding hydrogens is 200 g/mol. The van der Waals surface area contributed by atoms with E-state index in [0.29, 0.717) is 0 Å². The van der Waals surface area contributed by atoms with Gasteiger partial charge in [-0.15, -0.1) is 0 Å². The maximum Gasteiger partial charge on any atom is 0.280 e. The second kappa shape index (κ2) is 5.63. The standard InChI is InChI=1S/C8H14N4O3/c1-4(13)11-8(14)6(7(9)10)12-5(2)15-3/h9-10H2,1-3H3,(H,11,13,14)/b12-5+. The van der Waals surface area contributed by atoms with Crippen LogP contribution in [-0.4, -0.2) is 24.8 Å². The van der Waals surface area contributed by atoms with Crippen LogP contribution in [0.15, 0.2) is 16.5 Å². The molecule has 84 valence electrons. The maximum atomic E-state index is 11.3. The molecule has 0 rings (SSSR count). The summed E-state index contributed by atoms with van der Waals surface area (Å²) >= 11 is 0. The van der Waals surface area contributed by atoms with Crippen LogP contribution in [-0.2, 0) is 14.3 Å². The summed E-state index contributed by atoms with van der Waals surface area (Å²) in [4.78, 5) is 25.7. The van der Waals surface area contributed by atoms with Gasteiger partial charge in [-0.2, -0.15) is 0 Å². The fraction of sp³-hybridized carbons (Fsp3) is 0.375. The number of ether oxygens (including phenoxy) is 1. The third kappa shape index (κ3) is 4.65. The molecule has 0 atom stereocenters. The smallest absolute Gasteiger partial charge is 0.280 e. The van der Waals surface area contributed by atoms with E-state index in [1.807, 2.05) is 5.32 Å². The number of methoxy groups -OCH3 is 1. The van der Waals surface area contributed by atoms with Crippen molar-refractivity contribution in [2.24, 2.45) is 16.5 Å². The van der Waals surface area contributed by atoms with Crippen molar-refractivity contribution in [3.63, 3.8) is 0 Å². The van der Waals surface area contributed by atoms with Crippen molar-refractivity contribution in [1.82, 2.24) is 5.32 Å². The van der Waals surface area contributed by atoms with E-state index >= 15 is 0 Å². The lowest BCUT2D eigenvalue weighted by Crippen LogP contribution is -2.32. The van der Waals surface area contributed by atoms with E-state index in [0.717, 1.165) is 0 Å². The number of nitrogens with one attached hydrogen (secondary N) is 1. The number of amides is 2. The number of rotatable bonds is 2. The largest absolute Gasteiger partial charge is 0.484 e. The predicted octanol–water partition coefficient (Wildman–Crippen LogP) is -1.20. The molecule has 7 nitrogen and oxygen atoms in total. The lowest BCUT2D eigenvalue weighted by atomic mass is 10.4. The van der Waals surface area contributed by atoms with E-state index in [2.05, 4.69) is 4.99 Å². The van der Waals surface area contributed by atoms with E-state index in [-0.39, 0.29) is 17.4 Å². The summed E-state index contributed by atoms with van der Waals surface area (Å²) in [7, 11) is 1.38. The summed E-state index contributed by atoms with van der Waals surface area (Å²) in [5.74, 6) is -1.37. The SMILES string of the molecule is CO/C(C)=N/C(C(=O)NC(C)=O)=C(N)N. The van der Waals surface area contributed by atoms with E-state index in [4.69, 9.17) is 16.2 Å². The van der Waals surface area contributed by atoms with Crippen LogP contribution >= 0.6 is 0 Å². The Labute approximate surface area is 87.2 Å². The molecule has 0 aromatic heterocycles. The van der Waals surface area contributed by atoms with Crippen molar-refractivity contribution in [1.29, 1.82) is 0 Å². The van der Waals surface area contributed by atoms with Crippen LogP contribution in [0.1, 0.15) is 13.8 Å². The number of aliphatic imine (C=N–C) groups is 1. The van der Waals surface area contributed by atoms with E-state index in [1.165, 1.54) is 21.0 Å². The zero-order chi connectivity index (χ0) is 12.0. The molecule has 0 aliphatic rings. The number of carbonyl (C=O) groups excluding carboxylic acids is 2. The van der Waals surface area contributed by atoms with Gasteiger partial charge in [0.25, 0.3) is 5.91 Å². The lowest BCUT2D eigenvalue weighted by Gasteiger charge is -2.04. The highest BCUT2D eigenvalue weighted by Crippen LogP contribution is 1.99. The first-order valence-corrected chi connectivity index (χ1v) is 4.05. The second-order valence-corrected chi connectivity index (χ2v) is 2.65. The number of imide groups is 1. The van der Waals surface area contributed by atoms with Crippen molar-refractivity contribution in [3.05, 3.63) is 11.5 Å². The van der Waals surface area contributed by atoms with Gasteiger partial charge < -0.3 is 16.2 Å². The maximum absolute atomic E-state index is 11.3. The van der Waals surface area contributed by atoms with Crippen molar-refractivity contribution >= 4 is 17.7 Å². The summed E-state index contributed by atoms with van der Waals surface area (Å²) in [5, 5.41) is 2.00. The molecule has 2 amide bonds. The average molecular weight is 214 g/mol. The molecule has 0 aliphatic carbocycles. The molecule has 0 aliphatic heterocycles. The summed E-state index contributed by atoms with van der Waals surface area (Å²) in [5.41, 5.74) is 10.2. The van der Waals surface area contributed by atoms with Crippen LogP contribution in [0.2, 0.25) is 0 Å². The highest BCUT2D eigenvalue weighted by atomic mass is 16.5. The zero-order valence-corrected chi connectivity index (χ0v) is 8.83. The molecule has 0 saturated carbocycles. The number of hydrogen-bond acceptors (Lipinski definition) is 6. The fourth-order valence-corrected chi connectivity index (χ4v) is 0.669. The number of nitrogens with two attached hydrogens (primary N) is 2. The minimum Gasteiger partial charge on any atom is -0.484 e. The Bertz CT molecular complexity index is 329. The molecule has 0 aromatic rings. The molecule has 0 saturated heterocycles. The quantitative estimate of drug-likeness (QED) is 0.303. The molecular formula is C8H14N4O3. The Morgan fingerprint density at radius 1 is 1.27 bits per heavy atom. The molecule has 0 bridgehead atoms. The molecule has 0 fully saturated rings. The molecule has 15 heavy (non-hydrogen) atoms. The third-order valence-corrected chi connectivity index (χ3v) is 1.34.